The number of nitriles is 1. The molecule has 1 aliphatic rings. The summed E-state index contributed by atoms with van der Waals surface area (Å²) in [5, 5.41) is 29.7. The van der Waals surface area contributed by atoms with E-state index in [0.717, 1.165) is 0 Å². The molecular weight excluding hydrogens is 280 g/mol. The van der Waals surface area contributed by atoms with Crippen LogP contribution in [-0.4, -0.2) is 28.3 Å². The van der Waals surface area contributed by atoms with Crippen molar-refractivity contribution in [3.05, 3.63) is 65.7 Å². The Bertz CT molecular complexity index is 739. The summed E-state index contributed by atoms with van der Waals surface area (Å²) in [4.78, 5) is 14.0. The largest absolute Gasteiger partial charge is 0.387 e. The van der Waals surface area contributed by atoms with Gasteiger partial charge in [-0.1, -0.05) is 36.4 Å². The Kier molecular flexibility index (Phi) is 3.63. The van der Waals surface area contributed by atoms with Gasteiger partial charge in [0.1, 0.15) is 12.2 Å². The van der Waals surface area contributed by atoms with Gasteiger partial charge in [0.15, 0.2) is 6.04 Å². The molecule has 22 heavy (non-hydrogen) atoms. The van der Waals surface area contributed by atoms with E-state index in [1.807, 2.05) is 6.07 Å². The van der Waals surface area contributed by atoms with Gasteiger partial charge in [-0.2, -0.15) is 5.26 Å². The van der Waals surface area contributed by atoms with Gasteiger partial charge in [0.2, 0.25) is 0 Å². The van der Waals surface area contributed by atoms with Crippen molar-refractivity contribution >= 4 is 11.6 Å². The Labute approximate surface area is 127 Å². The first-order chi connectivity index (χ1) is 10.6. The van der Waals surface area contributed by atoms with Crippen LogP contribution in [0, 0.1) is 11.3 Å². The second-order valence-electron chi connectivity index (χ2n) is 5.11. The zero-order valence-electron chi connectivity index (χ0n) is 11.6. The SMILES string of the molecule is N#C[C@H]1C(O)C(O)c2ccccc2N1C(=O)c1ccccc1. The molecule has 0 spiro atoms. The molecule has 0 bridgehead atoms. The number of carbonyl (C=O) groups is 1. The van der Waals surface area contributed by atoms with Gasteiger partial charge in [-0.15, -0.1) is 0 Å². The maximum absolute atomic E-state index is 12.8. The molecule has 110 valence electrons. The second-order valence-corrected chi connectivity index (χ2v) is 5.11. The van der Waals surface area contributed by atoms with Gasteiger partial charge in [-0.3, -0.25) is 9.69 Å². The quantitative estimate of drug-likeness (QED) is 0.837. The van der Waals surface area contributed by atoms with Gasteiger partial charge >= 0.3 is 0 Å². The number of rotatable bonds is 1. The number of fused-ring (bicyclic) bond motifs is 1. The van der Waals surface area contributed by atoms with E-state index >= 15 is 0 Å². The summed E-state index contributed by atoms with van der Waals surface area (Å²) in [6, 6.07) is 16.1. The number of anilines is 1. The van der Waals surface area contributed by atoms with E-state index in [-0.39, 0.29) is 5.91 Å². The van der Waals surface area contributed by atoms with Crippen molar-refractivity contribution in [3.63, 3.8) is 0 Å². The van der Waals surface area contributed by atoms with E-state index in [1.165, 1.54) is 4.90 Å². The number of hydrogen-bond donors (Lipinski definition) is 2. The van der Waals surface area contributed by atoms with E-state index < -0.39 is 18.2 Å². The van der Waals surface area contributed by atoms with Crippen molar-refractivity contribution < 1.29 is 15.0 Å². The fourth-order valence-electron chi connectivity index (χ4n) is 2.71. The first kappa shape index (κ1) is 14.3. The number of carbonyl (C=O) groups excluding carboxylic acids is 1. The average molecular weight is 294 g/mol. The molecule has 5 nitrogen and oxygen atoms in total. The highest BCUT2D eigenvalue weighted by atomic mass is 16.3. The Morgan fingerprint density at radius 2 is 1.68 bits per heavy atom. The van der Waals surface area contributed by atoms with Gasteiger partial charge in [-0.05, 0) is 18.2 Å². The first-order valence-electron chi connectivity index (χ1n) is 6.88. The van der Waals surface area contributed by atoms with E-state index in [4.69, 9.17) is 0 Å². The molecule has 1 heterocycles. The third kappa shape index (κ3) is 2.15. The lowest BCUT2D eigenvalue weighted by atomic mass is 9.90. The summed E-state index contributed by atoms with van der Waals surface area (Å²) in [6.45, 7) is 0. The van der Waals surface area contributed by atoms with Crippen molar-refractivity contribution in [2.75, 3.05) is 4.90 Å². The number of para-hydroxylation sites is 1. The van der Waals surface area contributed by atoms with Crippen LogP contribution in [0.5, 0.6) is 0 Å². The maximum atomic E-state index is 12.8. The summed E-state index contributed by atoms with van der Waals surface area (Å²) < 4.78 is 0. The van der Waals surface area contributed by atoms with E-state index in [2.05, 4.69) is 0 Å². The zero-order valence-corrected chi connectivity index (χ0v) is 11.6. The number of aliphatic hydroxyl groups is 2. The number of hydrogen-bond acceptors (Lipinski definition) is 4. The molecule has 1 amide bonds. The molecule has 0 radical (unpaired) electrons. The molecule has 1 aliphatic heterocycles. The molecule has 0 aliphatic carbocycles. The van der Waals surface area contributed by atoms with Crippen molar-refractivity contribution in [2.45, 2.75) is 18.2 Å². The van der Waals surface area contributed by atoms with Crippen LogP contribution in [0.4, 0.5) is 5.69 Å². The number of aliphatic hydroxyl groups excluding tert-OH is 2. The summed E-state index contributed by atoms with van der Waals surface area (Å²) in [5.41, 5.74) is 1.30. The third-order valence-corrected chi connectivity index (χ3v) is 3.81. The van der Waals surface area contributed by atoms with Gasteiger partial charge in [0, 0.05) is 11.1 Å². The Morgan fingerprint density at radius 3 is 2.36 bits per heavy atom. The van der Waals surface area contributed by atoms with E-state index in [1.54, 1.807) is 54.6 Å². The molecule has 3 rings (SSSR count). The number of nitrogens with zero attached hydrogens (tertiary/aromatic N) is 2. The molecular formula is C17H14N2O3. The standard InChI is InChI=1S/C17H14N2O3/c18-10-14-16(21)15(20)12-8-4-5-9-13(12)19(14)17(22)11-6-2-1-3-7-11/h1-9,14-16,20-21H/t14-,15?,16?/m0/s1. The predicted molar refractivity (Wildman–Crippen MR) is 80.1 cm³/mol. The third-order valence-electron chi connectivity index (χ3n) is 3.81. The van der Waals surface area contributed by atoms with Crippen molar-refractivity contribution in [1.82, 2.24) is 0 Å². The Balaban J connectivity index is 2.14. The highest BCUT2D eigenvalue weighted by Crippen LogP contribution is 2.37. The fourth-order valence-corrected chi connectivity index (χ4v) is 2.71. The summed E-state index contributed by atoms with van der Waals surface area (Å²) in [6.07, 6.45) is -2.55. The summed E-state index contributed by atoms with van der Waals surface area (Å²) in [5.74, 6) is -0.384. The van der Waals surface area contributed by atoms with E-state index in [9.17, 15) is 20.3 Å². The lowest BCUT2D eigenvalue weighted by molar-refractivity contribution is 0.00562. The highest BCUT2D eigenvalue weighted by molar-refractivity contribution is 6.07. The molecule has 2 unspecified atom stereocenters. The van der Waals surface area contributed by atoms with Crippen LogP contribution in [0.1, 0.15) is 22.0 Å². The Hall–Kier alpha value is -2.68. The molecule has 2 aromatic carbocycles. The fraction of sp³-hybridized carbons (Fsp3) is 0.176. The number of amides is 1. The molecule has 0 saturated carbocycles. The van der Waals surface area contributed by atoms with Gasteiger partial charge in [-0.25, -0.2) is 0 Å². The zero-order chi connectivity index (χ0) is 15.7. The maximum Gasteiger partial charge on any atom is 0.259 e. The van der Waals surface area contributed by atoms with Crippen LogP contribution < -0.4 is 4.90 Å². The molecule has 2 aromatic rings. The lowest BCUT2D eigenvalue weighted by Crippen LogP contribution is -2.52. The second kappa shape index (κ2) is 5.60. The van der Waals surface area contributed by atoms with Gasteiger partial charge < -0.3 is 10.2 Å². The van der Waals surface area contributed by atoms with Crippen LogP contribution in [0.15, 0.2) is 54.6 Å². The summed E-state index contributed by atoms with van der Waals surface area (Å²) >= 11 is 0. The smallest absolute Gasteiger partial charge is 0.259 e. The molecule has 5 heteroatoms. The monoisotopic (exact) mass is 294 g/mol. The topological polar surface area (TPSA) is 84.6 Å². The lowest BCUT2D eigenvalue weighted by Gasteiger charge is -2.39. The highest BCUT2D eigenvalue weighted by Gasteiger charge is 2.42. The average Bonchev–Trinajstić information content (AvgIpc) is 2.58. The van der Waals surface area contributed by atoms with Crippen LogP contribution in [0.2, 0.25) is 0 Å². The van der Waals surface area contributed by atoms with Crippen LogP contribution in [0.25, 0.3) is 0 Å². The van der Waals surface area contributed by atoms with Gasteiger partial charge in [0.05, 0.1) is 11.8 Å². The van der Waals surface area contributed by atoms with E-state index in [0.29, 0.717) is 16.8 Å². The summed E-state index contributed by atoms with van der Waals surface area (Å²) in [7, 11) is 0. The minimum atomic E-state index is -1.35. The first-order valence-corrected chi connectivity index (χ1v) is 6.88. The predicted octanol–water partition coefficient (Wildman–Crippen LogP) is 1.63. The minimum Gasteiger partial charge on any atom is -0.387 e. The minimum absolute atomic E-state index is 0.384. The van der Waals surface area contributed by atoms with Crippen molar-refractivity contribution in [2.24, 2.45) is 0 Å². The van der Waals surface area contributed by atoms with Gasteiger partial charge in [0.25, 0.3) is 5.91 Å². The number of benzene rings is 2. The van der Waals surface area contributed by atoms with Crippen molar-refractivity contribution in [3.8, 4) is 6.07 Å². The van der Waals surface area contributed by atoms with Crippen LogP contribution in [0.3, 0.4) is 0 Å². The molecule has 2 N–H and O–H groups in total. The molecule has 0 aromatic heterocycles. The Morgan fingerprint density at radius 1 is 1.05 bits per heavy atom. The molecule has 0 saturated heterocycles. The van der Waals surface area contributed by atoms with Crippen LogP contribution in [-0.2, 0) is 0 Å². The van der Waals surface area contributed by atoms with Crippen LogP contribution >= 0.6 is 0 Å². The van der Waals surface area contributed by atoms with Crippen molar-refractivity contribution in [1.29, 1.82) is 5.26 Å². The molecule has 0 fully saturated rings. The molecule has 3 atom stereocenters. The normalized spacial score (nSPS) is 23.5.